The maximum Gasteiger partial charge on any atom is 0.0622 e. The van der Waals surface area contributed by atoms with E-state index in [2.05, 4.69) is 20.8 Å². The van der Waals surface area contributed by atoms with Gasteiger partial charge in [0, 0.05) is 7.11 Å². The minimum absolute atomic E-state index is 0.0173. The van der Waals surface area contributed by atoms with Gasteiger partial charge in [0.2, 0.25) is 0 Å². The van der Waals surface area contributed by atoms with Crippen molar-refractivity contribution in [3.8, 4) is 0 Å². The van der Waals surface area contributed by atoms with E-state index in [0.29, 0.717) is 5.92 Å². The summed E-state index contributed by atoms with van der Waals surface area (Å²) in [7, 11) is 1.76. The maximum absolute atomic E-state index is 5.50. The summed E-state index contributed by atoms with van der Waals surface area (Å²) in [4.78, 5) is 0. The highest BCUT2D eigenvalue weighted by Crippen LogP contribution is 2.18. The van der Waals surface area contributed by atoms with E-state index in [1.807, 2.05) is 0 Å². The molecule has 0 aliphatic heterocycles. The third-order valence-corrected chi connectivity index (χ3v) is 2.19. The molecule has 1 unspecified atom stereocenters. The van der Waals surface area contributed by atoms with Gasteiger partial charge in [-0.15, -0.1) is 0 Å². The average Bonchev–Trinajstić information content (AvgIpc) is 2.00. The zero-order valence-electron chi connectivity index (χ0n) is 8.18. The third kappa shape index (κ3) is 5.22. The van der Waals surface area contributed by atoms with Gasteiger partial charge in [-0.3, -0.25) is 0 Å². The van der Waals surface area contributed by atoms with Crippen LogP contribution in [0.4, 0.5) is 0 Å². The number of hydrogen-bond acceptors (Lipinski definition) is 2. The average molecular weight is 159 g/mol. The van der Waals surface area contributed by atoms with Crippen molar-refractivity contribution >= 4 is 0 Å². The zero-order chi connectivity index (χ0) is 8.91. The molecule has 2 nitrogen and oxygen atoms in total. The van der Waals surface area contributed by atoms with E-state index < -0.39 is 0 Å². The molecule has 0 radical (unpaired) electrons. The first-order valence-corrected chi connectivity index (χ1v) is 4.27. The summed E-state index contributed by atoms with van der Waals surface area (Å²) in [5, 5.41) is 0. The number of rotatable bonds is 5. The topological polar surface area (TPSA) is 35.2 Å². The van der Waals surface area contributed by atoms with Gasteiger partial charge in [-0.05, 0) is 39.2 Å². The molecule has 2 heteroatoms. The summed E-state index contributed by atoms with van der Waals surface area (Å²) in [5.74, 6) is 0.615. The first-order chi connectivity index (χ1) is 5.02. The second-order valence-electron chi connectivity index (χ2n) is 3.84. The molecule has 1 atom stereocenters. The molecule has 0 fully saturated rings. The summed E-state index contributed by atoms with van der Waals surface area (Å²) in [5.41, 5.74) is 5.52. The smallest absolute Gasteiger partial charge is 0.0622 e. The summed E-state index contributed by atoms with van der Waals surface area (Å²) >= 11 is 0. The van der Waals surface area contributed by atoms with Crippen LogP contribution in [0, 0.1) is 5.92 Å². The molecule has 0 heterocycles. The highest BCUT2D eigenvalue weighted by Gasteiger charge is 2.16. The van der Waals surface area contributed by atoms with Gasteiger partial charge < -0.3 is 10.5 Å². The van der Waals surface area contributed by atoms with Crippen LogP contribution < -0.4 is 5.73 Å². The van der Waals surface area contributed by atoms with Crippen LogP contribution in [-0.4, -0.2) is 19.3 Å². The molecule has 0 rings (SSSR count). The Morgan fingerprint density at radius 2 is 2.00 bits per heavy atom. The summed E-state index contributed by atoms with van der Waals surface area (Å²) < 4.78 is 5.29. The van der Waals surface area contributed by atoms with Crippen LogP contribution in [-0.2, 0) is 4.74 Å². The van der Waals surface area contributed by atoms with E-state index in [0.717, 1.165) is 19.4 Å². The lowest BCUT2D eigenvalue weighted by Gasteiger charge is -2.24. The van der Waals surface area contributed by atoms with E-state index in [1.165, 1.54) is 0 Å². The van der Waals surface area contributed by atoms with E-state index in [9.17, 15) is 0 Å². The standard InChI is InChI=1S/C9H21NO/c1-8(7-10)5-6-9(2,3)11-4/h8H,5-7,10H2,1-4H3. The Morgan fingerprint density at radius 3 is 2.36 bits per heavy atom. The Hall–Kier alpha value is -0.0800. The number of hydrogen-bond donors (Lipinski definition) is 1. The van der Waals surface area contributed by atoms with E-state index in [-0.39, 0.29) is 5.60 Å². The maximum atomic E-state index is 5.50. The van der Waals surface area contributed by atoms with Gasteiger partial charge in [-0.2, -0.15) is 0 Å². The molecule has 0 saturated carbocycles. The molecular formula is C9H21NO. The number of nitrogens with two attached hydrogens (primary N) is 1. The minimum Gasteiger partial charge on any atom is -0.379 e. The van der Waals surface area contributed by atoms with Crippen LogP contribution in [0.5, 0.6) is 0 Å². The summed E-state index contributed by atoms with van der Waals surface area (Å²) in [6.45, 7) is 7.16. The van der Waals surface area contributed by atoms with Crippen molar-refractivity contribution in [3.05, 3.63) is 0 Å². The Balaban J connectivity index is 3.52. The molecule has 11 heavy (non-hydrogen) atoms. The van der Waals surface area contributed by atoms with Crippen molar-refractivity contribution in [3.63, 3.8) is 0 Å². The predicted octanol–water partition coefficient (Wildman–Crippen LogP) is 1.79. The van der Waals surface area contributed by atoms with Gasteiger partial charge in [-0.1, -0.05) is 6.92 Å². The highest BCUT2D eigenvalue weighted by molar-refractivity contribution is 4.69. The van der Waals surface area contributed by atoms with E-state index >= 15 is 0 Å². The summed E-state index contributed by atoms with van der Waals surface area (Å²) in [6.07, 6.45) is 2.24. The van der Waals surface area contributed by atoms with Crippen molar-refractivity contribution in [2.24, 2.45) is 11.7 Å². The lowest BCUT2D eigenvalue weighted by molar-refractivity contribution is 0.0111. The van der Waals surface area contributed by atoms with Crippen LogP contribution in [0.3, 0.4) is 0 Å². The second kappa shape index (κ2) is 4.73. The van der Waals surface area contributed by atoms with Crippen molar-refractivity contribution in [1.82, 2.24) is 0 Å². The van der Waals surface area contributed by atoms with Gasteiger partial charge in [0.05, 0.1) is 5.60 Å². The Labute approximate surface area is 70.1 Å². The molecule has 2 N–H and O–H groups in total. The van der Waals surface area contributed by atoms with Crippen LogP contribution in [0.25, 0.3) is 0 Å². The lowest BCUT2D eigenvalue weighted by Crippen LogP contribution is -2.24. The largest absolute Gasteiger partial charge is 0.379 e. The Kier molecular flexibility index (Phi) is 4.69. The van der Waals surface area contributed by atoms with Crippen molar-refractivity contribution in [2.45, 2.75) is 39.2 Å². The lowest BCUT2D eigenvalue weighted by atomic mass is 9.96. The van der Waals surface area contributed by atoms with Crippen LogP contribution in [0.1, 0.15) is 33.6 Å². The van der Waals surface area contributed by atoms with Crippen molar-refractivity contribution in [2.75, 3.05) is 13.7 Å². The molecule has 0 aromatic rings. The molecule has 0 aromatic heterocycles. The van der Waals surface area contributed by atoms with Crippen LogP contribution in [0.2, 0.25) is 0 Å². The van der Waals surface area contributed by atoms with Crippen molar-refractivity contribution in [1.29, 1.82) is 0 Å². The van der Waals surface area contributed by atoms with E-state index in [4.69, 9.17) is 10.5 Å². The molecule has 68 valence electrons. The predicted molar refractivity (Wildman–Crippen MR) is 48.5 cm³/mol. The molecular weight excluding hydrogens is 138 g/mol. The van der Waals surface area contributed by atoms with Gasteiger partial charge in [-0.25, -0.2) is 0 Å². The first-order valence-electron chi connectivity index (χ1n) is 4.27. The minimum atomic E-state index is 0.0173. The fraction of sp³-hybridized carbons (Fsp3) is 1.00. The van der Waals surface area contributed by atoms with Gasteiger partial charge >= 0.3 is 0 Å². The third-order valence-electron chi connectivity index (χ3n) is 2.19. The highest BCUT2D eigenvalue weighted by atomic mass is 16.5. The fourth-order valence-electron chi connectivity index (χ4n) is 0.814. The zero-order valence-corrected chi connectivity index (χ0v) is 8.18. The fourth-order valence-corrected chi connectivity index (χ4v) is 0.814. The first kappa shape index (κ1) is 10.9. The van der Waals surface area contributed by atoms with Gasteiger partial charge in [0.1, 0.15) is 0 Å². The SMILES string of the molecule is COC(C)(C)CCC(C)CN. The monoisotopic (exact) mass is 159 g/mol. The molecule has 0 aromatic carbocycles. The van der Waals surface area contributed by atoms with Gasteiger partial charge in [0.25, 0.3) is 0 Å². The molecule has 0 saturated heterocycles. The van der Waals surface area contributed by atoms with E-state index in [1.54, 1.807) is 7.11 Å². The quantitative estimate of drug-likeness (QED) is 0.663. The van der Waals surface area contributed by atoms with Gasteiger partial charge in [0.15, 0.2) is 0 Å². The summed E-state index contributed by atoms with van der Waals surface area (Å²) in [6, 6.07) is 0. The molecule has 0 aliphatic carbocycles. The number of ether oxygens (including phenoxy) is 1. The van der Waals surface area contributed by atoms with Crippen LogP contribution in [0.15, 0.2) is 0 Å². The molecule has 0 amide bonds. The van der Waals surface area contributed by atoms with Crippen molar-refractivity contribution < 1.29 is 4.74 Å². The second-order valence-corrected chi connectivity index (χ2v) is 3.84. The Morgan fingerprint density at radius 1 is 1.45 bits per heavy atom. The molecule has 0 bridgehead atoms. The molecule has 0 spiro atoms. The van der Waals surface area contributed by atoms with Crippen LogP contribution >= 0.6 is 0 Å². The normalized spacial score (nSPS) is 15.0. The molecule has 0 aliphatic rings. The number of methoxy groups -OCH3 is 1. The Bertz CT molecular complexity index is 102.